The lowest BCUT2D eigenvalue weighted by molar-refractivity contribution is -0.119. The van der Waals surface area contributed by atoms with Gasteiger partial charge in [0, 0.05) is 15.7 Å². The number of amides is 1. The molecule has 0 saturated heterocycles. The van der Waals surface area contributed by atoms with Gasteiger partial charge in [-0.25, -0.2) is 4.98 Å². The molecule has 1 aromatic heterocycles. The van der Waals surface area contributed by atoms with Gasteiger partial charge in [-0.05, 0) is 41.1 Å². The smallest absolute Gasteiger partial charge is 0.228 e. The van der Waals surface area contributed by atoms with E-state index in [1.807, 2.05) is 26.0 Å². The Morgan fingerprint density at radius 1 is 1.64 bits per heavy atom. The number of carbonyl (C=O) groups is 1. The van der Waals surface area contributed by atoms with Crippen molar-refractivity contribution in [1.82, 2.24) is 4.98 Å². The molecule has 0 saturated carbocycles. The average molecular weight is 304 g/mol. The number of carbonyl (C=O) groups excluding carboxylic acids is 1. The highest BCUT2D eigenvalue weighted by Gasteiger charge is 2.10. The third-order valence-electron chi connectivity index (χ3n) is 2.04. The molecule has 0 fully saturated rings. The predicted molar refractivity (Wildman–Crippen MR) is 65.0 cm³/mol. The first kappa shape index (κ1) is 11.4. The minimum Gasteiger partial charge on any atom is -0.310 e. The number of halogens is 1. The number of nitrogens with one attached hydrogen (secondary N) is 1. The summed E-state index contributed by atoms with van der Waals surface area (Å²) in [5, 5.41) is 2.77. The molecule has 1 atom stereocenters. The van der Waals surface area contributed by atoms with Crippen molar-refractivity contribution in [3.05, 3.63) is 21.9 Å². The largest absolute Gasteiger partial charge is 0.310 e. The fourth-order valence-corrected chi connectivity index (χ4v) is 1.20. The molecule has 14 heavy (non-hydrogen) atoms. The SMILES string of the molecule is CCC(C)C(=O)Nc1ccc(I)cn1. The van der Waals surface area contributed by atoms with Gasteiger partial charge in [-0.2, -0.15) is 0 Å². The van der Waals surface area contributed by atoms with Crippen molar-refractivity contribution in [2.45, 2.75) is 20.3 Å². The van der Waals surface area contributed by atoms with Crippen LogP contribution in [0.5, 0.6) is 0 Å². The molecule has 0 bridgehead atoms. The standard InChI is InChI=1S/C10H13IN2O/c1-3-7(2)10(14)13-9-5-4-8(11)6-12-9/h4-7H,3H2,1-2H3,(H,12,13,14). The number of anilines is 1. The van der Waals surface area contributed by atoms with E-state index in [9.17, 15) is 4.79 Å². The average Bonchev–Trinajstić information content (AvgIpc) is 2.20. The summed E-state index contributed by atoms with van der Waals surface area (Å²) in [6, 6.07) is 3.72. The lowest BCUT2D eigenvalue weighted by Crippen LogP contribution is -2.20. The molecule has 0 aliphatic rings. The summed E-state index contributed by atoms with van der Waals surface area (Å²) in [4.78, 5) is 15.6. The van der Waals surface area contributed by atoms with Gasteiger partial charge in [0.2, 0.25) is 5.91 Å². The fourth-order valence-electron chi connectivity index (χ4n) is 0.885. The summed E-state index contributed by atoms with van der Waals surface area (Å²) in [7, 11) is 0. The highest BCUT2D eigenvalue weighted by atomic mass is 127. The van der Waals surface area contributed by atoms with E-state index >= 15 is 0 Å². The normalized spacial score (nSPS) is 12.2. The Morgan fingerprint density at radius 3 is 2.86 bits per heavy atom. The number of hydrogen-bond donors (Lipinski definition) is 1. The van der Waals surface area contributed by atoms with Gasteiger partial charge in [-0.15, -0.1) is 0 Å². The van der Waals surface area contributed by atoms with E-state index in [4.69, 9.17) is 0 Å². The van der Waals surface area contributed by atoms with Crippen LogP contribution in [-0.2, 0) is 4.79 Å². The van der Waals surface area contributed by atoms with Crippen LogP contribution < -0.4 is 5.32 Å². The maximum atomic E-state index is 11.5. The van der Waals surface area contributed by atoms with E-state index in [2.05, 4.69) is 32.9 Å². The number of pyridine rings is 1. The first-order valence-corrected chi connectivity index (χ1v) is 5.63. The van der Waals surface area contributed by atoms with Gasteiger partial charge in [-0.1, -0.05) is 13.8 Å². The monoisotopic (exact) mass is 304 g/mol. The topological polar surface area (TPSA) is 42.0 Å². The van der Waals surface area contributed by atoms with E-state index in [-0.39, 0.29) is 11.8 Å². The molecule has 4 heteroatoms. The molecule has 76 valence electrons. The van der Waals surface area contributed by atoms with Crippen molar-refractivity contribution in [1.29, 1.82) is 0 Å². The summed E-state index contributed by atoms with van der Waals surface area (Å²) in [6.07, 6.45) is 2.57. The Kier molecular flexibility index (Phi) is 4.31. The van der Waals surface area contributed by atoms with Gasteiger partial charge < -0.3 is 5.32 Å². The molecule has 0 aliphatic carbocycles. The second kappa shape index (κ2) is 5.29. The van der Waals surface area contributed by atoms with Gasteiger partial charge in [0.25, 0.3) is 0 Å². The highest BCUT2D eigenvalue weighted by molar-refractivity contribution is 14.1. The van der Waals surface area contributed by atoms with Crippen molar-refractivity contribution in [2.75, 3.05) is 5.32 Å². The number of hydrogen-bond acceptors (Lipinski definition) is 2. The fraction of sp³-hybridized carbons (Fsp3) is 0.400. The maximum absolute atomic E-state index is 11.5. The number of nitrogens with zero attached hydrogens (tertiary/aromatic N) is 1. The van der Waals surface area contributed by atoms with E-state index in [1.54, 1.807) is 6.20 Å². The number of aromatic nitrogens is 1. The first-order chi connectivity index (χ1) is 6.63. The zero-order valence-electron chi connectivity index (χ0n) is 8.25. The maximum Gasteiger partial charge on any atom is 0.228 e. The van der Waals surface area contributed by atoms with Gasteiger partial charge in [0.1, 0.15) is 5.82 Å². The summed E-state index contributed by atoms with van der Waals surface area (Å²) in [5.41, 5.74) is 0. The molecule has 1 N–H and O–H groups in total. The lowest BCUT2D eigenvalue weighted by Gasteiger charge is -2.08. The van der Waals surface area contributed by atoms with Crippen LogP contribution >= 0.6 is 22.6 Å². The molecular formula is C10H13IN2O. The predicted octanol–water partition coefficient (Wildman–Crippen LogP) is 2.67. The molecule has 1 rings (SSSR count). The highest BCUT2D eigenvalue weighted by Crippen LogP contribution is 2.09. The van der Waals surface area contributed by atoms with Gasteiger partial charge >= 0.3 is 0 Å². The van der Waals surface area contributed by atoms with E-state index in [1.165, 1.54) is 0 Å². The van der Waals surface area contributed by atoms with E-state index in [0.29, 0.717) is 5.82 Å². The van der Waals surface area contributed by atoms with Crippen LogP contribution in [0.15, 0.2) is 18.3 Å². The van der Waals surface area contributed by atoms with Gasteiger partial charge in [-0.3, -0.25) is 4.79 Å². The van der Waals surface area contributed by atoms with Crippen LogP contribution in [-0.4, -0.2) is 10.9 Å². The molecule has 1 amide bonds. The van der Waals surface area contributed by atoms with Crippen molar-refractivity contribution in [3.63, 3.8) is 0 Å². The van der Waals surface area contributed by atoms with Crippen LogP contribution in [0.3, 0.4) is 0 Å². The minimum atomic E-state index is 0.0289. The Hall–Kier alpha value is -0.650. The summed E-state index contributed by atoms with van der Waals surface area (Å²) in [6.45, 7) is 3.90. The third-order valence-corrected chi connectivity index (χ3v) is 2.68. The second-order valence-corrected chi connectivity index (χ2v) is 4.41. The molecular weight excluding hydrogens is 291 g/mol. The van der Waals surface area contributed by atoms with Crippen molar-refractivity contribution in [3.8, 4) is 0 Å². The van der Waals surface area contributed by atoms with Crippen LogP contribution in [0.1, 0.15) is 20.3 Å². The molecule has 0 spiro atoms. The van der Waals surface area contributed by atoms with Crippen molar-refractivity contribution in [2.24, 2.45) is 5.92 Å². The minimum absolute atomic E-state index is 0.0289. The quantitative estimate of drug-likeness (QED) is 0.872. The molecule has 1 aromatic rings. The van der Waals surface area contributed by atoms with Crippen molar-refractivity contribution >= 4 is 34.3 Å². The van der Waals surface area contributed by atoms with Crippen LogP contribution in [0, 0.1) is 9.49 Å². The molecule has 0 radical (unpaired) electrons. The molecule has 1 heterocycles. The molecule has 1 unspecified atom stereocenters. The zero-order chi connectivity index (χ0) is 10.6. The Bertz CT molecular complexity index is 310. The summed E-state index contributed by atoms with van der Waals surface area (Å²) in [5.74, 6) is 0.688. The molecule has 0 aliphatic heterocycles. The van der Waals surface area contributed by atoms with Crippen molar-refractivity contribution < 1.29 is 4.79 Å². The van der Waals surface area contributed by atoms with Gasteiger partial charge in [0.05, 0.1) is 0 Å². The van der Waals surface area contributed by atoms with Crippen LogP contribution in [0.2, 0.25) is 0 Å². The Balaban J connectivity index is 2.60. The van der Waals surface area contributed by atoms with E-state index < -0.39 is 0 Å². The Morgan fingerprint density at radius 2 is 2.36 bits per heavy atom. The Labute approximate surface area is 97.4 Å². The second-order valence-electron chi connectivity index (χ2n) is 3.16. The third kappa shape index (κ3) is 3.25. The van der Waals surface area contributed by atoms with Gasteiger partial charge in [0.15, 0.2) is 0 Å². The van der Waals surface area contributed by atoms with Crippen LogP contribution in [0.25, 0.3) is 0 Å². The summed E-state index contributed by atoms with van der Waals surface area (Å²) >= 11 is 2.18. The van der Waals surface area contributed by atoms with Crippen LogP contribution in [0.4, 0.5) is 5.82 Å². The molecule has 0 aromatic carbocycles. The number of rotatable bonds is 3. The zero-order valence-corrected chi connectivity index (χ0v) is 10.4. The summed E-state index contributed by atoms with van der Waals surface area (Å²) < 4.78 is 1.06. The molecule has 3 nitrogen and oxygen atoms in total. The first-order valence-electron chi connectivity index (χ1n) is 4.56. The lowest BCUT2D eigenvalue weighted by atomic mass is 10.1. The van der Waals surface area contributed by atoms with E-state index in [0.717, 1.165) is 9.99 Å².